The molecular weight excluding hydrogens is 245 g/mol. The van der Waals surface area contributed by atoms with E-state index in [4.69, 9.17) is 0 Å². The summed E-state index contributed by atoms with van der Waals surface area (Å²) in [6.07, 6.45) is 6.27. The molecule has 18 heavy (non-hydrogen) atoms. The molecule has 2 heterocycles. The van der Waals surface area contributed by atoms with E-state index in [0.717, 1.165) is 19.5 Å². The summed E-state index contributed by atoms with van der Waals surface area (Å²) in [5.41, 5.74) is 2.71. The van der Waals surface area contributed by atoms with Crippen LogP contribution in [0.1, 0.15) is 41.1 Å². The summed E-state index contributed by atoms with van der Waals surface area (Å²) in [6.45, 7) is 14.0. The molecule has 1 aromatic heterocycles. The zero-order chi connectivity index (χ0) is 14.0. The molecule has 0 fully saturated rings. The zero-order valence-corrected chi connectivity index (χ0v) is 12.5. The van der Waals surface area contributed by atoms with Crippen LogP contribution >= 0.6 is 11.3 Å². The smallest absolute Gasteiger partial charge is 0.0785 e. The van der Waals surface area contributed by atoms with Crippen LogP contribution in [0.3, 0.4) is 0 Å². The lowest BCUT2D eigenvalue weighted by Crippen LogP contribution is -2.22. The number of hydrogen-bond acceptors (Lipinski definition) is 2. The number of thiophene rings is 1. The molecule has 0 bridgehead atoms. The summed E-state index contributed by atoms with van der Waals surface area (Å²) in [5, 5.41) is 3.38. The largest absolute Gasteiger partial charge is 0.312 e. The van der Waals surface area contributed by atoms with E-state index in [-0.39, 0.29) is 0 Å². The Labute approximate surface area is 114 Å². The van der Waals surface area contributed by atoms with E-state index in [1.807, 2.05) is 23.5 Å². The summed E-state index contributed by atoms with van der Waals surface area (Å²) in [6, 6.07) is 0. The van der Waals surface area contributed by atoms with E-state index in [2.05, 4.69) is 32.3 Å². The van der Waals surface area contributed by atoms with Crippen LogP contribution in [0.5, 0.6) is 0 Å². The highest BCUT2D eigenvalue weighted by Crippen LogP contribution is 2.32. The minimum absolute atomic E-state index is 0.500. The molecule has 0 amide bonds. The van der Waals surface area contributed by atoms with Crippen molar-refractivity contribution in [1.29, 1.82) is 0 Å². The van der Waals surface area contributed by atoms with Gasteiger partial charge in [-0.2, -0.15) is 0 Å². The standard InChI is InChI=1S/C11H13NS.C3H8.CH3F/c1-3-8-9-7-12-6-5-11(9)13-10(8)4-2;1-3-2;1-2/h3-4,12H,1-2,5-7H2;3H2,1-2H3;1H3. The molecule has 0 unspecified atom stereocenters. The van der Waals surface area contributed by atoms with E-state index >= 15 is 0 Å². The van der Waals surface area contributed by atoms with E-state index in [1.54, 1.807) is 0 Å². The van der Waals surface area contributed by atoms with Crippen molar-refractivity contribution >= 4 is 23.5 Å². The Hall–Kier alpha value is -0.930. The average molecular weight is 269 g/mol. The van der Waals surface area contributed by atoms with Crippen molar-refractivity contribution in [3.05, 3.63) is 34.0 Å². The molecule has 1 aromatic rings. The predicted octanol–water partition coefficient (Wildman–Crippen LogP) is 4.68. The van der Waals surface area contributed by atoms with Gasteiger partial charge >= 0.3 is 0 Å². The van der Waals surface area contributed by atoms with Gasteiger partial charge in [0.2, 0.25) is 0 Å². The van der Waals surface area contributed by atoms with Crippen LogP contribution in [0.15, 0.2) is 13.2 Å². The average Bonchev–Trinajstić information content (AvgIpc) is 2.79. The Balaban J connectivity index is 0.000000509. The molecule has 1 nitrogen and oxygen atoms in total. The molecule has 1 aliphatic heterocycles. The highest BCUT2D eigenvalue weighted by atomic mass is 32.1. The van der Waals surface area contributed by atoms with Gasteiger partial charge in [-0.3, -0.25) is 4.39 Å². The third-order valence-corrected chi connectivity index (χ3v) is 3.68. The minimum atomic E-state index is 0.500. The third kappa shape index (κ3) is 4.39. The van der Waals surface area contributed by atoms with Crippen LogP contribution in [-0.2, 0) is 13.0 Å². The number of alkyl halides is 1. The third-order valence-electron chi connectivity index (χ3n) is 2.38. The van der Waals surface area contributed by atoms with Crippen LogP contribution in [0, 0.1) is 0 Å². The Bertz CT molecular complexity index is 369. The van der Waals surface area contributed by atoms with Gasteiger partial charge < -0.3 is 5.32 Å². The van der Waals surface area contributed by atoms with E-state index in [9.17, 15) is 4.39 Å². The van der Waals surface area contributed by atoms with Gasteiger partial charge in [0, 0.05) is 22.8 Å². The van der Waals surface area contributed by atoms with E-state index in [0.29, 0.717) is 7.18 Å². The lowest BCUT2D eigenvalue weighted by molar-refractivity contribution is 0.636. The first-order valence-electron chi connectivity index (χ1n) is 6.26. The van der Waals surface area contributed by atoms with Crippen molar-refractivity contribution < 1.29 is 4.39 Å². The molecule has 0 aromatic carbocycles. The molecule has 0 atom stereocenters. The first kappa shape index (κ1) is 17.1. The van der Waals surface area contributed by atoms with E-state index in [1.165, 1.54) is 27.3 Å². The van der Waals surface area contributed by atoms with Gasteiger partial charge in [0.05, 0.1) is 7.18 Å². The topological polar surface area (TPSA) is 12.0 Å². The number of fused-ring (bicyclic) bond motifs is 1. The molecule has 3 heteroatoms. The fourth-order valence-electron chi connectivity index (χ4n) is 1.73. The molecule has 2 rings (SSSR count). The summed E-state index contributed by atoms with van der Waals surface area (Å²) in [5.74, 6) is 0. The Morgan fingerprint density at radius 2 is 1.89 bits per heavy atom. The lowest BCUT2D eigenvalue weighted by atomic mass is 10.0. The normalized spacial score (nSPS) is 12.2. The first-order valence-corrected chi connectivity index (χ1v) is 7.07. The maximum Gasteiger partial charge on any atom is 0.0785 e. The van der Waals surface area contributed by atoms with Crippen molar-refractivity contribution in [2.24, 2.45) is 0 Å². The molecule has 1 aliphatic rings. The fourth-order valence-corrected chi connectivity index (χ4v) is 2.91. The molecule has 1 N–H and O–H groups in total. The predicted molar refractivity (Wildman–Crippen MR) is 82.9 cm³/mol. The molecular formula is C15H24FNS. The van der Waals surface area contributed by atoms with Gasteiger partial charge in [-0.15, -0.1) is 11.3 Å². The van der Waals surface area contributed by atoms with Gasteiger partial charge in [-0.05, 0) is 17.5 Å². The lowest BCUT2D eigenvalue weighted by Gasteiger charge is -2.12. The second-order valence-electron chi connectivity index (χ2n) is 3.82. The maximum absolute atomic E-state index is 9.50. The van der Waals surface area contributed by atoms with Crippen molar-refractivity contribution in [1.82, 2.24) is 5.32 Å². The maximum atomic E-state index is 9.50. The number of hydrogen-bond donors (Lipinski definition) is 1. The van der Waals surface area contributed by atoms with Crippen molar-refractivity contribution in [2.75, 3.05) is 13.7 Å². The van der Waals surface area contributed by atoms with E-state index < -0.39 is 0 Å². The number of halogens is 1. The summed E-state index contributed by atoms with van der Waals surface area (Å²) >= 11 is 1.86. The minimum Gasteiger partial charge on any atom is -0.312 e. The highest BCUT2D eigenvalue weighted by molar-refractivity contribution is 7.13. The summed E-state index contributed by atoms with van der Waals surface area (Å²) < 4.78 is 9.50. The number of rotatable bonds is 2. The van der Waals surface area contributed by atoms with Crippen LogP contribution in [0.25, 0.3) is 12.2 Å². The molecule has 0 spiro atoms. The molecule has 0 saturated carbocycles. The molecule has 0 saturated heterocycles. The van der Waals surface area contributed by atoms with Crippen molar-refractivity contribution in [3.63, 3.8) is 0 Å². The second kappa shape index (κ2) is 10.0. The molecule has 0 radical (unpaired) electrons. The van der Waals surface area contributed by atoms with Gasteiger partial charge in [-0.1, -0.05) is 45.6 Å². The summed E-state index contributed by atoms with van der Waals surface area (Å²) in [4.78, 5) is 2.77. The highest BCUT2D eigenvalue weighted by Gasteiger charge is 2.16. The SMILES string of the molecule is C=Cc1sc2c(c1C=C)CNCC2.CCC.CF. The Morgan fingerprint density at radius 3 is 2.39 bits per heavy atom. The van der Waals surface area contributed by atoms with Gasteiger partial charge in [0.15, 0.2) is 0 Å². The fraction of sp³-hybridized carbons (Fsp3) is 0.467. The second-order valence-corrected chi connectivity index (χ2v) is 4.96. The van der Waals surface area contributed by atoms with Gasteiger partial charge in [0.25, 0.3) is 0 Å². The zero-order valence-electron chi connectivity index (χ0n) is 11.7. The first-order chi connectivity index (χ1) is 8.78. The summed E-state index contributed by atoms with van der Waals surface area (Å²) in [7, 11) is 0.500. The Morgan fingerprint density at radius 1 is 1.28 bits per heavy atom. The van der Waals surface area contributed by atoms with Crippen LogP contribution < -0.4 is 5.32 Å². The van der Waals surface area contributed by atoms with Crippen LogP contribution in [0.4, 0.5) is 4.39 Å². The van der Waals surface area contributed by atoms with Crippen molar-refractivity contribution in [3.8, 4) is 0 Å². The van der Waals surface area contributed by atoms with Crippen LogP contribution in [0.2, 0.25) is 0 Å². The van der Waals surface area contributed by atoms with Crippen molar-refractivity contribution in [2.45, 2.75) is 33.2 Å². The van der Waals surface area contributed by atoms with Gasteiger partial charge in [-0.25, -0.2) is 0 Å². The van der Waals surface area contributed by atoms with Crippen LogP contribution in [-0.4, -0.2) is 13.7 Å². The Kier molecular flexibility index (Phi) is 9.52. The molecule has 102 valence electrons. The quantitative estimate of drug-likeness (QED) is 0.822. The molecule has 0 aliphatic carbocycles. The monoisotopic (exact) mass is 269 g/mol. The number of nitrogens with one attached hydrogen (secondary N) is 1. The van der Waals surface area contributed by atoms with Gasteiger partial charge in [0.1, 0.15) is 0 Å².